The first kappa shape index (κ1) is 16.2. The number of pyridine rings is 1. The number of nitrogens with two attached hydrogens (primary N) is 1. The normalized spacial score (nSPS) is 11.5. The molecule has 5 N–H and O–H groups in total. The maximum atomic E-state index is 12.4. The van der Waals surface area contributed by atoms with Gasteiger partial charge in [0.2, 0.25) is 10.0 Å². The van der Waals surface area contributed by atoms with Crippen LogP contribution in [0.5, 0.6) is 0 Å². The zero-order valence-corrected chi connectivity index (χ0v) is 12.9. The van der Waals surface area contributed by atoms with Crippen molar-refractivity contribution in [3.8, 4) is 0 Å². The fourth-order valence-electron chi connectivity index (χ4n) is 2.08. The second-order valence-electron chi connectivity index (χ2n) is 4.80. The third kappa shape index (κ3) is 4.15. The number of fused-ring (bicyclic) bond motifs is 1. The minimum absolute atomic E-state index is 0.0788. The quantitative estimate of drug-likeness (QED) is 0.341. The van der Waals surface area contributed by atoms with Crippen molar-refractivity contribution in [2.24, 2.45) is 5.73 Å². The summed E-state index contributed by atoms with van der Waals surface area (Å²) in [6.07, 6.45) is 4.60. The molecule has 118 valence electrons. The van der Waals surface area contributed by atoms with Gasteiger partial charge in [-0.05, 0) is 25.0 Å². The zero-order chi connectivity index (χ0) is 16.0. The standard InChI is InChI=1S/C14H19N5O2S/c15-14(16)18-7-1-2-8-19-22(20,21)13-5-3-4-11-10-17-9-6-12(11)13/h3-6,9-10,19H,1-2,7-8H2,(H4,15,16,18). The average Bonchev–Trinajstić information content (AvgIpc) is 2.50. The monoisotopic (exact) mass is 321 g/mol. The van der Waals surface area contributed by atoms with E-state index in [1.54, 1.807) is 30.6 Å². The van der Waals surface area contributed by atoms with Gasteiger partial charge in [0.05, 0.1) is 4.90 Å². The minimum Gasteiger partial charge on any atom is -0.370 e. The maximum absolute atomic E-state index is 12.4. The lowest BCUT2D eigenvalue weighted by atomic mass is 10.2. The Bertz CT molecular complexity index is 755. The number of sulfonamides is 1. The van der Waals surface area contributed by atoms with Crippen LogP contribution in [0.15, 0.2) is 41.6 Å². The van der Waals surface area contributed by atoms with Crippen LogP contribution < -0.4 is 15.8 Å². The summed E-state index contributed by atoms with van der Waals surface area (Å²) in [7, 11) is -3.56. The van der Waals surface area contributed by atoms with E-state index < -0.39 is 10.0 Å². The van der Waals surface area contributed by atoms with Crippen molar-refractivity contribution in [1.82, 2.24) is 15.0 Å². The summed E-state index contributed by atoms with van der Waals surface area (Å²) < 4.78 is 27.4. The SMILES string of the molecule is N=C(N)NCCCCNS(=O)(=O)c1cccc2cnccc12. The van der Waals surface area contributed by atoms with E-state index in [-0.39, 0.29) is 10.9 Å². The lowest BCUT2D eigenvalue weighted by Crippen LogP contribution is -2.31. The Balaban J connectivity index is 1.99. The van der Waals surface area contributed by atoms with Crippen molar-refractivity contribution in [3.05, 3.63) is 36.7 Å². The van der Waals surface area contributed by atoms with Crippen LogP contribution in [0.3, 0.4) is 0 Å². The molecule has 0 aliphatic rings. The molecule has 0 fully saturated rings. The Hall–Kier alpha value is -2.19. The largest absolute Gasteiger partial charge is 0.370 e. The van der Waals surface area contributed by atoms with E-state index in [9.17, 15) is 8.42 Å². The Kier molecular flexibility index (Phi) is 5.29. The van der Waals surface area contributed by atoms with E-state index >= 15 is 0 Å². The van der Waals surface area contributed by atoms with Crippen molar-refractivity contribution in [2.45, 2.75) is 17.7 Å². The van der Waals surface area contributed by atoms with E-state index in [1.165, 1.54) is 0 Å². The number of aromatic nitrogens is 1. The van der Waals surface area contributed by atoms with Crippen LogP contribution in [0, 0.1) is 5.41 Å². The summed E-state index contributed by atoms with van der Waals surface area (Å²) in [6, 6.07) is 6.81. The van der Waals surface area contributed by atoms with Gasteiger partial charge < -0.3 is 11.1 Å². The number of nitrogens with zero attached hydrogens (tertiary/aromatic N) is 1. The van der Waals surface area contributed by atoms with E-state index in [2.05, 4.69) is 15.0 Å². The maximum Gasteiger partial charge on any atom is 0.241 e. The van der Waals surface area contributed by atoms with Gasteiger partial charge in [-0.15, -0.1) is 0 Å². The summed E-state index contributed by atoms with van der Waals surface area (Å²) in [5.74, 6) is -0.0788. The van der Waals surface area contributed by atoms with Gasteiger partial charge in [0.25, 0.3) is 0 Å². The van der Waals surface area contributed by atoms with Gasteiger partial charge in [-0.1, -0.05) is 12.1 Å². The Morgan fingerprint density at radius 1 is 1.23 bits per heavy atom. The number of rotatable bonds is 7. The number of hydrogen-bond acceptors (Lipinski definition) is 4. The van der Waals surface area contributed by atoms with Crippen LogP contribution in [-0.4, -0.2) is 32.5 Å². The molecular weight excluding hydrogens is 302 g/mol. The van der Waals surface area contributed by atoms with E-state index in [4.69, 9.17) is 11.1 Å². The highest BCUT2D eigenvalue weighted by Gasteiger charge is 2.16. The van der Waals surface area contributed by atoms with Crippen molar-refractivity contribution in [3.63, 3.8) is 0 Å². The first-order valence-electron chi connectivity index (χ1n) is 6.91. The van der Waals surface area contributed by atoms with Gasteiger partial charge in [-0.25, -0.2) is 13.1 Å². The molecule has 0 amide bonds. The molecule has 7 nitrogen and oxygen atoms in total. The summed E-state index contributed by atoms with van der Waals surface area (Å²) in [5.41, 5.74) is 5.16. The molecule has 2 aromatic rings. The molecule has 1 heterocycles. The summed E-state index contributed by atoms with van der Waals surface area (Å²) in [4.78, 5) is 4.25. The zero-order valence-electron chi connectivity index (χ0n) is 12.0. The molecule has 2 rings (SSSR count). The summed E-state index contributed by atoms with van der Waals surface area (Å²) >= 11 is 0. The van der Waals surface area contributed by atoms with Gasteiger partial charge in [-0.2, -0.15) is 0 Å². The van der Waals surface area contributed by atoms with Gasteiger partial charge in [-0.3, -0.25) is 10.4 Å². The molecule has 0 aliphatic carbocycles. The summed E-state index contributed by atoms with van der Waals surface area (Å²) in [6.45, 7) is 0.889. The molecule has 0 atom stereocenters. The predicted octanol–water partition coefficient (Wildman–Crippen LogP) is 0.776. The average molecular weight is 321 g/mol. The molecule has 1 aromatic carbocycles. The lowest BCUT2D eigenvalue weighted by Gasteiger charge is -2.09. The van der Waals surface area contributed by atoms with Gasteiger partial charge in [0.15, 0.2) is 5.96 Å². The van der Waals surface area contributed by atoms with Crippen molar-refractivity contribution in [1.29, 1.82) is 5.41 Å². The van der Waals surface area contributed by atoms with Crippen molar-refractivity contribution >= 4 is 26.8 Å². The highest BCUT2D eigenvalue weighted by molar-refractivity contribution is 7.89. The van der Waals surface area contributed by atoms with E-state index in [0.29, 0.717) is 24.9 Å². The molecule has 22 heavy (non-hydrogen) atoms. The Morgan fingerprint density at radius 2 is 2.00 bits per heavy atom. The van der Waals surface area contributed by atoms with Crippen molar-refractivity contribution in [2.75, 3.05) is 13.1 Å². The highest BCUT2D eigenvalue weighted by Crippen LogP contribution is 2.21. The fraction of sp³-hybridized carbons (Fsp3) is 0.286. The van der Waals surface area contributed by atoms with Gasteiger partial charge >= 0.3 is 0 Å². The van der Waals surface area contributed by atoms with Crippen LogP contribution in [0.2, 0.25) is 0 Å². The molecule has 8 heteroatoms. The Labute approximate surface area is 129 Å². The molecule has 0 radical (unpaired) electrons. The highest BCUT2D eigenvalue weighted by atomic mass is 32.2. The second-order valence-corrected chi connectivity index (χ2v) is 6.53. The summed E-state index contributed by atoms with van der Waals surface area (Å²) in [5, 5.41) is 11.1. The number of unbranched alkanes of at least 4 members (excludes halogenated alkanes) is 1. The van der Waals surface area contributed by atoms with Crippen LogP contribution in [0.25, 0.3) is 10.8 Å². The molecule has 0 aliphatic heterocycles. The predicted molar refractivity (Wildman–Crippen MR) is 86.1 cm³/mol. The molecule has 0 bridgehead atoms. The Morgan fingerprint density at radius 3 is 2.77 bits per heavy atom. The van der Waals surface area contributed by atoms with Gasteiger partial charge in [0, 0.05) is 36.3 Å². The van der Waals surface area contributed by atoms with Crippen LogP contribution in [0.1, 0.15) is 12.8 Å². The third-order valence-electron chi connectivity index (χ3n) is 3.14. The molecule has 0 unspecified atom stereocenters. The topological polar surface area (TPSA) is 121 Å². The van der Waals surface area contributed by atoms with E-state index in [1.807, 2.05) is 6.07 Å². The number of nitrogens with one attached hydrogen (secondary N) is 3. The second kappa shape index (κ2) is 7.19. The van der Waals surface area contributed by atoms with Crippen molar-refractivity contribution < 1.29 is 8.42 Å². The molecule has 0 spiro atoms. The van der Waals surface area contributed by atoms with Crippen LogP contribution in [0.4, 0.5) is 0 Å². The number of guanidine groups is 1. The fourth-order valence-corrected chi connectivity index (χ4v) is 3.39. The van der Waals surface area contributed by atoms with Crippen LogP contribution in [-0.2, 0) is 10.0 Å². The van der Waals surface area contributed by atoms with Gasteiger partial charge in [0.1, 0.15) is 0 Å². The van der Waals surface area contributed by atoms with E-state index in [0.717, 1.165) is 11.8 Å². The number of benzene rings is 1. The minimum atomic E-state index is -3.56. The van der Waals surface area contributed by atoms with Crippen LogP contribution >= 0.6 is 0 Å². The molecule has 1 aromatic heterocycles. The smallest absolute Gasteiger partial charge is 0.241 e. The number of hydrogen-bond donors (Lipinski definition) is 4. The first-order valence-corrected chi connectivity index (χ1v) is 8.39. The molecular formula is C14H19N5O2S. The third-order valence-corrected chi connectivity index (χ3v) is 4.66. The first-order chi connectivity index (χ1) is 10.5. The molecule has 0 saturated carbocycles. The molecule has 0 saturated heterocycles. The lowest BCUT2D eigenvalue weighted by molar-refractivity contribution is 0.577.